The zero-order chi connectivity index (χ0) is 12.1. The van der Waals surface area contributed by atoms with Gasteiger partial charge in [-0.25, -0.2) is 0 Å². The number of aromatic nitrogens is 2. The average Bonchev–Trinajstić information content (AvgIpc) is 2.67. The Balaban J connectivity index is 2.62. The van der Waals surface area contributed by atoms with E-state index >= 15 is 0 Å². The van der Waals surface area contributed by atoms with Gasteiger partial charge in [0.2, 0.25) is 0 Å². The third kappa shape index (κ3) is 2.94. The number of aryl methyl sites for hydroxylation is 1. The van der Waals surface area contributed by atoms with Crippen molar-refractivity contribution in [3.05, 3.63) is 11.9 Å². The van der Waals surface area contributed by atoms with Crippen molar-refractivity contribution in [3.8, 4) is 0 Å². The Bertz CT molecular complexity index is 364. The fraction of sp³-hybridized carbons (Fsp3) is 0.556. The first kappa shape index (κ1) is 12.5. The largest absolute Gasteiger partial charge is 0.396 e. The highest BCUT2D eigenvalue weighted by Crippen LogP contribution is 2.08. The van der Waals surface area contributed by atoms with Crippen LogP contribution < -0.4 is 11.1 Å². The van der Waals surface area contributed by atoms with Crippen molar-refractivity contribution in [3.63, 3.8) is 0 Å². The summed E-state index contributed by atoms with van der Waals surface area (Å²) < 4.78 is 1.55. The van der Waals surface area contributed by atoms with Gasteiger partial charge in [-0.15, -0.1) is 0 Å². The summed E-state index contributed by atoms with van der Waals surface area (Å²) in [4.78, 5) is 11.6. The van der Waals surface area contributed by atoms with Crippen LogP contribution in [0.5, 0.6) is 0 Å². The van der Waals surface area contributed by atoms with E-state index in [9.17, 15) is 4.79 Å². The van der Waals surface area contributed by atoms with E-state index in [-0.39, 0.29) is 17.9 Å². The van der Waals surface area contributed by atoms with Crippen molar-refractivity contribution in [1.29, 1.82) is 0 Å². The number of aliphatic hydroxyl groups excluding tert-OH is 2. The number of anilines is 1. The molecule has 7 nitrogen and oxygen atoms in total. The summed E-state index contributed by atoms with van der Waals surface area (Å²) in [5.41, 5.74) is 6.02. The van der Waals surface area contributed by atoms with Crippen molar-refractivity contribution in [1.82, 2.24) is 15.1 Å². The third-order valence-corrected chi connectivity index (χ3v) is 2.04. The summed E-state index contributed by atoms with van der Waals surface area (Å²) in [6, 6.07) is 0. The second-order valence-corrected chi connectivity index (χ2v) is 3.34. The first-order valence-corrected chi connectivity index (χ1v) is 4.98. The van der Waals surface area contributed by atoms with Gasteiger partial charge in [0.05, 0.1) is 18.4 Å². The van der Waals surface area contributed by atoms with E-state index in [1.807, 2.05) is 6.92 Å². The van der Waals surface area contributed by atoms with Crippen LogP contribution in [0.3, 0.4) is 0 Å². The Labute approximate surface area is 92.9 Å². The van der Waals surface area contributed by atoms with E-state index in [0.29, 0.717) is 6.54 Å². The Kier molecular flexibility index (Phi) is 4.27. The average molecular weight is 228 g/mol. The summed E-state index contributed by atoms with van der Waals surface area (Å²) in [6.07, 6.45) is 0.593. The van der Waals surface area contributed by atoms with Crippen LogP contribution in [0.15, 0.2) is 6.20 Å². The van der Waals surface area contributed by atoms with Gasteiger partial charge in [-0.3, -0.25) is 9.48 Å². The summed E-state index contributed by atoms with van der Waals surface area (Å²) in [7, 11) is 0. The number of nitrogens with one attached hydrogen (secondary N) is 1. The van der Waals surface area contributed by atoms with Gasteiger partial charge in [0, 0.05) is 19.3 Å². The van der Waals surface area contributed by atoms with Crippen LogP contribution in [0.25, 0.3) is 0 Å². The SMILES string of the molecule is CCn1cc(N)c(C(=O)NCC(O)CO)n1. The van der Waals surface area contributed by atoms with Gasteiger partial charge in [-0.05, 0) is 6.92 Å². The molecule has 1 heterocycles. The summed E-state index contributed by atoms with van der Waals surface area (Å²) in [5.74, 6) is -0.461. The zero-order valence-corrected chi connectivity index (χ0v) is 9.05. The minimum Gasteiger partial charge on any atom is -0.396 e. The maximum absolute atomic E-state index is 11.6. The number of hydrogen-bond donors (Lipinski definition) is 4. The quantitative estimate of drug-likeness (QED) is 0.493. The molecular weight excluding hydrogens is 212 g/mol. The molecule has 7 heteroatoms. The van der Waals surface area contributed by atoms with E-state index in [2.05, 4.69) is 10.4 Å². The smallest absolute Gasteiger partial charge is 0.274 e. The van der Waals surface area contributed by atoms with Crippen LogP contribution in [0.2, 0.25) is 0 Å². The van der Waals surface area contributed by atoms with Gasteiger partial charge in [-0.2, -0.15) is 5.10 Å². The molecule has 0 aliphatic rings. The fourth-order valence-corrected chi connectivity index (χ4v) is 1.13. The molecule has 0 saturated heterocycles. The van der Waals surface area contributed by atoms with Gasteiger partial charge in [0.25, 0.3) is 5.91 Å². The third-order valence-electron chi connectivity index (χ3n) is 2.04. The highest BCUT2D eigenvalue weighted by molar-refractivity contribution is 5.96. The zero-order valence-electron chi connectivity index (χ0n) is 9.05. The fourth-order valence-electron chi connectivity index (χ4n) is 1.13. The lowest BCUT2D eigenvalue weighted by molar-refractivity contribution is 0.0799. The van der Waals surface area contributed by atoms with Crippen LogP contribution >= 0.6 is 0 Å². The molecular formula is C9H16N4O3. The molecule has 5 N–H and O–H groups in total. The minimum atomic E-state index is -0.974. The standard InChI is InChI=1S/C9H16N4O3/c1-2-13-4-7(10)8(12-13)9(16)11-3-6(15)5-14/h4,6,14-15H,2-3,5,10H2,1H3,(H,11,16). The normalized spacial score (nSPS) is 12.4. The van der Waals surface area contributed by atoms with Gasteiger partial charge in [-0.1, -0.05) is 0 Å². The first-order valence-electron chi connectivity index (χ1n) is 4.98. The van der Waals surface area contributed by atoms with Crippen LogP contribution in [0.1, 0.15) is 17.4 Å². The lowest BCUT2D eigenvalue weighted by Gasteiger charge is -2.07. The Morgan fingerprint density at radius 3 is 2.94 bits per heavy atom. The first-order chi connectivity index (χ1) is 7.58. The van der Waals surface area contributed by atoms with E-state index in [0.717, 1.165) is 0 Å². The molecule has 0 aromatic carbocycles. The van der Waals surface area contributed by atoms with Gasteiger partial charge < -0.3 is 21.3 Å². The highest BCUT2D eigenvalue weighted by atomic mass is 16.3. The number of hydrogen-bond acceptors (Lipinski definition) is 5. The topological polar surface area (TPSA) is 113 Å². The number of aliphatic hydroxyl groups is 2. The molecule has 0 saturated carbocycles. The van der Waals surface area contributed by atoms with Gasteiger partial charge >= 0.3 is 0 Å². The van der Waals surface area contributed by atoms with Crippen molar-refractivity contribution in [2.24, 2.45) is 0 Å². The Hall–Kier alpha value is -1.60. The molecule has 1 atom stereocenters. The molecule has 0 fully saturated rings. The van der Waals surface area contributed by atoms with E-state index < -0.39 is 18.6 Å². The molecule has 1 rings (SSSR count). The number of carbonyl (C=O) groups excluding carboxylic acids is 1. The molecule has 1 aromatic heterocycles. The second-order valence-electron chi connectivity index (χ2n) is 3.34. The number of nitrogens with zero attached hydrogens (tertiary/aromatic N) is 2. The maximum atomic E-state index is 11.6. The highest BCUT2D eigenvalue weighted by Gasteiger charge is 2.15. The monoisotopic (exact) mass is 228 g/mol. The second kappa shape index (κ2) is 5.47. The predicted octanol–water partition coefficient (Wildman–Crippen LogP) is -1.43. The van der Waals surface area contributed by atoms with E-state index in [4.69, 9.17) is 15.9 Å². The lowest BCUT2D eigenvalue weighted by atomic mass is 10.3. The molecule has 1 aromatic rings. The van der Waals surface area contributed by atoms with Crippen molar-refractivity contribution < 1.29 is 15.0 Å². The van der Waals surface area contributed by atoms with Crippen LogP contribution in [-0.4, -0.2) is 45.2 Å². The van der Waals surface area contributed by atoms with Crippen LogP contribution in [0.4, 0.5) is 5.69 Å². The molecule has 0 aliphatic carbocycles. The number of nitrogen functional groups attached to an aromatic ring is 1. The molecule has 16 heavy (non-hydrogen) atoms. The van der Waals surface area contributed by atoms with E-state index in [1.165, 1.54) is 0 Å². The Morgan fingerprint density at radius 2 is 2.44 bits per heavy atom. The summed E-state index contributed by atoms with van der Waals surface area (Å²) >= 11 is 0. The Morgan fingerprint density at radius 1 is 1.75 bits per heavy atom. The van der Waals surface area contributed by atoms with Crippen LogP contribution in [-0.2, 0) is 6.54 Å². The molecule has 0 radical (unpaired) electrons. The van der Waals surface area contributed by atoms with Gasteiger partial charge in [0.1, 0.15) is 0 Å². The molecule has 90 valence electrons. The van der Waals surface area contributed by atoms with Crippen molar-refractivity contribution >= 4 is 11.6 Å². The van der Waals surface area contributed by atoms with Crippen molar-refractivity contribution in [2.45, 2.75) is 19.6 Å². The number of nitrogens with two attached hydrogens (primary N) is 1. The minimum absolute atomic E-state index is 0.0340. The molecule has 1 unspecified atom stereocenters. The number of amides is 1. The van der Waals surface area contributed by atoms with Crippen LogP contribution in [0, 0.1) is 0 Å². The predicted molar refractivity (Wildman–Crippen MR) is 57.7 cm³/mol. The number of rotatable bonds is 5. The summed E-state index contributed by atoms with van der Waals surface area (Å²) in [5, 5.41) is 24.0. The molecule has 0 spiro atoms. The van der Waals surface area contributed by atoms with Crippen molar-refractivity contribution in [2.75, 3.05) is 18.9 Å². The lowest BCUT2D eigenvalue weighted by Crippen LogP contribution is -2.34. The summed E-state index contributed by atoms with van der Waals surface area (Å²) in [6.45, 7) is 2.06. The van der Waals surface area contributed by atoms with Gasteiger partial charge in [0.15, 0.2) is 5.69 Å². The molecule has 0 bridgehead atoms. The molecule has 0 aliphatic heterocycles. The van der Waals surface area contributed by atoms with E-state index in [1.54, 1.807) is 10.9 Å². The maximum Gasteiger partial charge on any atom is 0.274 e. The number of carbonyl (C=O) groups is 1. The molecule has 1 amide bonds.